The summed E-state index contributed by atoms with van der Waals surface area (Å²) in [5, 5.41) is 8.70. The minimum atomic E-state index is 0.578. The molecule has 1 aliphatic rings. The molecule has 1 saturated carbocycles. The Hall–Kier alpha value is -1.47. The highest BCUT2D eigenvalue weighted by atomic mass is 79.9. The number of thiophene rings is 1. The van der Waals surface area contributed by atoms with Gasteiger partial charge in [0.2, 0.25) is 5.65 Å². The number of aromatic nitrogens is 4. The van der Waals surface area contributed by atoms with E-state index in [1.54, 1.807) is 11.3 Å². The molecule has 3 aromatic heterocycles. The Morgan fingerprint density at radius 2 is 2.24 bits per heavy atom. The third-order valence-corrected chi connectivity index (χ3v) is 5.27. The SMILES string of the molecule is CN(Cc1ccc(Br)s1)c1nccn2c(C3CC3)nnc12. The smallest absolute Gasteiger partial charge is 0.203 e. The van der Waals surface area contributed by atoms with Gasteiger partial charge in [0.15, 0.2) is 5.82 Å². The molecule has 0 saturated heterocycles. The lowest BCUT2D eigenvalue weighted by Gasteiger charge is -2.17. The van der Waals surface area contributed by atoms with Crippen molar-refractivity contribution in [1.82, 2.24) is 19.6 Å². The van der Waals surface area contributed by atoms with Crippen molar-refractivity contribution >= 4 is 38.7 Å². The molecule has 3 aromatic rings. The Balaban J connectivity index is 1.69. The van der Waals surface area contributed by atoms with Crippen LogP contribution in [0.25, 0.3) is 5.65 Å². The summed E-state index contributed by atoms with van der Waals surface area (Å²) in [6, 6.07) is 4.20. The minimum absolute atomic E-state index is 0.578. The lowest BCUT2D eigenvalue weighted by Crippen LogP contribution is -2.18. The van der Waals surface area contributed by atoms with E-state index in [1.165, 1.54) is 17.7 Å². The van der Waals surface area contributed by atoms with Crippen LogP contribution < -0.4 is 4.90 Å². The third kappa shape index (κ3) is 2.44. The van der Waals surface area contributed by atoms with Crippen molar-refractivity contribution in [2.24, 2.45) is 0 Å². The van der Waals surface area contributed by atoms with Crippen LogP contribution in [0.2, 0.25) is 0 Å². The molecule has 0 spiro atoms. The van der Waals surface area contributed by atoms with Crippen LogP contribution in [0.15, 0.2) is 28.3 Å². The Morgan fingerprint density at radius 3 is 2.95 bits per heavy atom. The van der Waals surface area contributed by atoms with E-state index >= 15 is 0 Å². The average molecular weight is 364 g/mol. The molecule has 21 heavy (non-hydrogen) atoms. The fourth-order valence-electron chi connectivity index (χ4n) is 2.47. The van der Waals surface area contributed by atoms with Crippen LogP contribution >= 0.6 is 27.3 Å². The van der Waals surface area contributed by atoms with Gasteiger partial charge in [-0.1, -0.05) is 0 Å². The van der Waals surface area contributed by atoms with Gasteiger partial charge >= 0.3 is 0 Å². The average Bonchev–Trinajstić information content (AvgIpc) is 3.10. The van der Waals surface area contributed by atoms with Crippen molar-refractivity contribution in [2.75, 3.05) is 11.9 Å². The predicted octanol–water partition coefficient (Wildman–Crippen LogP) is 3.46. The topological polar surface area (TPSA) is 46.3 Å². The fourth-order valence-corrected chi connectivity index (χ4v) is 4.00. The Bertz CT molecular complexity index is 792. The number of fused-ring (bicyclic) bond motifs is 1. The van der Waals surface area contributed by atoms with Crippen molar-refractivity contribution in [1.29, 1.82) is 0 Å². The van der Waals surface area contributed by atoms with Crippen LogP contribution in [0, 0.1) is 0 Å². The number of anilines is 1. The second-order valence-electron chi connectivity index (χ2n) is 5.34. The number of nitrogens with zero attached hydrogens (tertiary/aromatic N) is 5. The second kappa shape index (κ2) is 5.06. The molecule has 0 bridgehead atoms. The summed E-state index contributed by atoms with van der Waals surface area (Å²) in [6.45, 7) is 0.814. The van der Waals surface area contributed by atoms with Gasteiger partial charge in [-0.05, 0) is 40.9 Å². The van der Waals surface area contributed by atoms with Gasteiger partial charge in [0, 0.05) is 30.2 Å². The normalized spacial score (nSPS) is 14.8. The van der Waals surface area contributed by atoms with E-state index in [1.807, 2.05) is 19.4 Å². The first-order chi connectivity index (χ1) is 10.2. The van der Waals surface area contributed by atoms with Gasteiger partial charge in [0.05, 0.1) is 10.3 Å². The van der Waals surface area contributed by atoms with Crippen molar-refractivity contribution in [3.63, 3.8) is 0 Å². The molecule has 108 valence electrons. The zero-order valence-electron chi connectivity index (χ0n) is 11.5. The molecule has 1 aliphatic carbocycles. The highest BCUT2D eigenvalue weighted by Gasteiger charge is 2.29. The van der Waals surface area contributed by atoms with Crippen LogP contribution in [-0.4, -0.2) is 26.6 Å². The predicted molar refractivity (Wildman–Crippen MR) is 86.9 cm³/mol. The summed E-state index contributed by atoms with van der Waals surface area (Å²) in [5.41, 5.74) is 0.845. The number of rotatable bonds is 4. The summed E-state index contributed by atoms with van der Waals surface area (Å²) in [4.78, 5) is 7.91. The molecule has 0 radical (unpaired) electrons. The zero-order chi connectivity index (χ0) is 14.4. The highest BCUT2D eigenvalue weighted by Crippen LogP contribution is 2.39. The fraction of sp³-hybridized carbons (Fsp3) is 0.357. The van der Waals surface area contributed by atoms with Crippen molar-refractivity contribution < 1.29 is 0 Å². The largest absolute Gasteiger partial charge is 0.351 e. The Labute approximate surface area is 134 Å². The van der Waals surface area contributed by atoms with Crippen molar-refractivity contribution in [3.05, 3.63) is 39.0 Å². The summed E-state index contributed by atoms with van der Waals surface area (Å²) in [6.07, 6.45) is 6.23. The summed E-state index contributed by atoms with van der Waals surface area (Å²) >= 11 is 5.24. The molecular formula is C14H14BrN5S. The van der Waals surface area contributed by atoms with E-state index in [4.69, 9.17) is 0 Å². The van der Waals surface area contributed by atoms with Crippen LogP contribution in [0.1, 0.15) is 29.5 Å². The van der Waals surface area contributed by atoms with Crippen molar-refractivity contribution in [2.45, 2.75) is 25.3 Å². The minimum Gasteiger partial charge on any atom is -0.351 e. The molecule has 0 aromatic carbocycles. The maximum absolute atomic E-state index is 4.50. The highest BCUT2D eigenvalue weighted by molar-refractivity contribution is 9.11. The lowest BCUT2D eigenvalue weighted by molar-refractivity contribution is 0.883. The van der Waals surface area contributed by atoms with Gasteiger partial charge in [0.25, 0.3) is 0 Å². The first kappa shape index (κ1) is 13.2. The van der Waals surface area contributed by atoms with Crippen molar-refractivity contribution in [3.8, 4) is 0 Å². The van der Waals surface area contributed by atoms with Crippen LogP contribution in [-0.2, 0) is 6.54 Å². The van der Waals surface area contributed by atoms with Gasteiger partial charge in [-0.3, -0.25) is 4.40 Å². The number of halogens is 1. The molecule has 0 atom stereocenters. The molecule has 1 fully saturated rings. The van der Waals surface area contributed by atoms with E-state index in [-0.39, 0.29) is 0 Å². The van der Waals surface area contributed by atoms with Gasteiger partial charge < -0.3 is 4.90 Å². The summed E-state index contributed by atoms with van der Waals surface area (Å²) in [5.74, 6) is 2.52. The third-order valence-electron chi connectivity index (χ3n) is 3.66. The number of hydrogen-bond acceptors (Lipinski definition) is 5. The summed E-state index contributed by atoms with van der Waals surface area (Å²) < 4.78 is 3.23. The molecule has 0 unspecified atom stereocenters. The molecular weight excluding hydrogens is 350 g/mol. The molecule has 4 rings (SSSR count). The van der Waals surface area contributed by atoms with Gasteiger partial charge in [0.1, 0.15) is 5.82 Å². The van der Waals surface area contributed by atoms with Gasteiger partial charge in [-0.2, -0.15) is 0 Å². The molecule has 3 heterocycles. The van der Waals surface area contributed by atoms with E-state index in [0.29, 0.717) is 5.92 Å². The van der Waals surface area contributed by atoms with Gasteiger partial charge in [-0.25, -0.2) is 4.98 Å². The molecule has 0 amide bonds. The zero-order valence-corrected chi connectivity index (χ0v) is 13.9. The standard InChI is InChI=1S/C14H14BrN5S/c1-19(8-10-4-5-11(15)21-10)13-14-18-17-12(9-2-3-9)20(14)7-6-16-13/h4-7,9H,2-3,8H2,1H3. The quantitative estimate of drug-likeness (QED) is 0.711. The molecule has 0 aliphatic heterocycles. The second-order valence-corrected chi connectivity index (χ2v) is 7.89. The van der Waals surface area contributed by atoms with E-state index < -0.39 is 0 Å². The summed E-state index contributed by atoms with van der Waals surface area (Å²) in [7, 11) is 2.04. The lowest BCUT2D eigenvalue weighted by atomic mass is 10.4. The monoisotopic (exact) mass is 363 g/mol. The van der Waals surface area contributed by atoms with E-state index in [0.717, 1.165) is 27.6 Å². The first-order valence-electron chi connectivity index (χ1n) is 6.87. The molecule has 0 N–H and O–H groups in total. The Morgan fingerprint density at radius 1 is 1.38 bits per heavy atom. The van der Waals surface area contributed by atoms with Gasteiger partial charge in [-0.15, -0.1) is 21.5 Å². The molecule has 5 nitrogen and oxygen atoms in total. The number of hydrogen-bond donors (Lipinski definition) is 0. The van der Waals surface area contributed by atoms with E-state index in [2.05, 4.69) is 52.5 Å². The Kier molecular flexibility index (Phi) is 3.19. The maximum atomic E-state index is 4.50. The van der Waals surface area contributed by atoms with E-state index in [9.17, 15) is 0 Å². The molecule has 7 heteroatoms. The van der Waals surface area contributed by atoms with Crippen LogP contribution in [0.4, 0.5) is 5.82 Å². The van der Waals surface area contributed by atoms with Crippen LogP contribution in [0.3, 0.4) is 0 Å². The maximum Gasteiger partial charge on any atom is 0.203 e. The first-order valence-corrected chi connectivity index (χ1v) is 8.48. The van der Waals surface area contributed by atoms with Crippen LogP contribution in [0.5, 0.6) is 0 Å².